The average Bonchev–Trinajstić information content (AvgIpc) is 3.02. The van der Waals surface area contributed by atoms with Gasteiger partial charge in [-0.1, -0.05) is 0 Å². The second-order valence-electron chi connectivity index (χ2n) is 5.70. The Hall–Kier alpha value is -1.40. The number of ether oxygens (including phenoxy) is 2. The molecule has 1 aromatic heterocycles. The van der Waals surface area contributed by atoms with Gasteiger partial charge in [0, 0.05) is 25.8 Å². The Morgan fingerprint density at radius 1 is 1.14 bits per heavy atom. The minimum atomic E-state index is 0.355. The summed E-state index contributed by atoms with van der Waals surface area (Å²) < 4.78 is 11.1. The zero-order valence-corrected chi connectivity index (χ0v) is 12.4. The van der Waals surface area contributed by atoms with Crippen molar-refractivity contribution in [2.24, 2.45) is 0 Å². The molecule has 1 aromatic rings. The average molecular weight is 292 g/mol. The highest BCUT2D eigenvalue weighted by molar-refractivity contribution is 5.46. The molecule has 2 saturated heterocycles. The fourth-order valence-corrected chi connectivity index (χ4v) is 2.83. The summed E-state index contributed by atoms with van der Waals surface area (Å²) in [5, 5.41) is 6.76. The van der Waals surface area contributed by atoms with E-state index in [0.717, 1.165) is 57.3 Å². The van der Waals surface area contributed by atoms with E-state index in [9.17, 15) is 0 Å². The molecule has 0 aromatic carbocycles. The van der Waals surface area contributed by atoms with Gasteiger partial charge in [0.05, 0.1) is 18.8 Å². The van der Waals surface area contributed by atoms with Gasteiger partial charge in [-0.05, 0) is 32.1 Å². The van der Waals surface area contributed by atoms with Crippen LogP contribution < -0.4 is 10.6 Å². The van der Waals surface area contributed by atoms with Gasteiger partial charge in [0.15, 0.2) is 0 Å². The monoisotopic (exact) mass is 292 g/mol. The van der Waals surface area contributed by atoms with Crippen molar-refractivity contribution in [1.82, 2.24) is 9.97 Å². The maximum Gasteiger partial charge on any atom is 0.131 e. The molecule has 0 bridgehead atoms. The Labute approximate surface area is 125 Å². The Kier molecular flexibility index (Phi) is 5.23. The molecule has 2 aliphatic rings. The van der Waals surface area contributed by atoms with Crippen LogP contribution in [-0.4, -0.2) is 48.5 Å². The Bertz CT molecular complexity index is 431. The molecular formula is C15H24N4O2. The lowest BCUT2D eigenvalue weighted by atomic mass is 10.1. The van der Waals surface area contributed by atoms with E-state index in [1.807, 2.05) is 6.07 Å². The van der Waals surface area contributed by atoms with Gasteiger partial charge in [-0.2, -0.15) is 0 Å². The molecule has 2 aliphatic heterocycles. The highest BCUT2D eigenvalue weighted by atomic mass is 16.5. The number of hydrogen-bond acceptors (Lipinski definition) is 6. The lowest BCUT2D eigenvalue weighted by molar-refractivity contribution is 0.0875. The highest BCUT2D eigenvalue weighted by Gasteiger charge is 2.15. The predicted octanol–water partition coefficient (Wildman–Crippen LogP) is 2.05. The van der Waals surface area contributed by atoms with Crippen LogP contribution in [0.25, 0.3) is 0 Å². The molecule has 6 heteroatoms. The third-order valence-electron chi connectivity index (χ3n) is 3.98. The summed E-state index contributed by atoms with van der Waals surface area (Å²) in [7, 11) is 0. The van der Waals surface area contributed by atoms with Crippen molar-refractivity contribution in [3.05, 3.63) is 12.4 Å². The van der Waals surface area contributed by atoms with Crippen LogP contribution in [0.1, 0.15) is 32.1 Å². The summed E-state index contributed by atoms with van der Waals surface area (Å²) in [5.74, 6) is 1.72. The molecule has 3 heterocycles. The second kappa shape index (κ2) is 7.56. The summed E-state index contributed by atoms with van der Waals surface area (Å²) in [5.41, 5.74) is 0. The molecule has 2 fully saturated rings. The molecule has 0 amide bonds. The number of aromatic nitrogens is 2. The minimum Gasteiger partial charge on any atom is -0.379 e. The number of hydrogen-bond donors (Lipinski definition) is 2. The topological polar surface area (TPSA) is 68.3 Å². The van der Waals surface area contributed by atoms with E-state index in [1.54, 1.807) is 6.33 Å². The van der Waals surface area contributed by atoms with Crippen molar-refractivity contribution in [2.75, 3.05) is 37.0 Å². The molecule has 0 spiro atoms. The van der Waals surface area contributed by atoms with E-state index in [2.05, 4.69) is 20.6 Å². The van der Waals surface area contributed by atoms with Crippen LogP contribution in [0.2, 0.25) is 0 Å². The standard InChI is InChI=1S/C15H24N4O2/c1-3-12(10-20-7-1)19-15-9-14(17-11-18-15)16-6-5-13-4-2-8-21-13/h9,11-13H,1-8,10H2,(H2,16,17,18,19). The van der Waals surface area contributed by atoms with Gasteiger partial charge in [0.2, 0.25) is 0 Å². The van der Waals surface area contributed by atoms with Gasteiger partial charge in [-0.15, -0.1) is 0 Å². The molecule has 116 valence electrons. The first-order valence-corrected chi connectivity index (χ1v) is 7.92. The summed E-state index contributed by atoms with van der Waals surface area (Å²) in [6.07, 6.45) is 7.65. The van der Waals surface area contributed by atoms with Crippen molar-refractivity contribution in [1.29, 1.82) is 0 Å². The first kappa shape index (κ1) is 14.5. The Morgan fingerprint density at radius 3 is 2.86 bits per heavy atom. The van der Waals surface area contributed by atoms with Crippen molar-refractivity contribution >= 4 is 11.6 Å². The second-order valence-corrected chi connectivity index (χ2v) is 5.70. The summed E-state index contributed by atoms with van der Waals surface area (Å²) in [6.45, 7) is 3.42. The molecule has 3 rings (SSSR count). The van der Waals surface area contributed by atoms with Crippen LogP contribution in [0.4, 0.5) is 11.6 Å². The Balaban J connectivity index is 1.45. The molecule has 21 heavy (non-hydrogen) atoms. The predicted molar refractivity (Wildman–Crippen MR) is 81.6 cm³/mol. The smallest absolute Gasteiger partial charge is 0.131 e. The van der Waals surface area contributed by atoms with Crippen LogP contribution in [0, 0.1) is 0 Å². The van der Waals surface area contributed by atoms with Crippen LogP contribution >= 0.6 is 0 Å². The van der Waals surface area contributed by atoms with Gasteiger partial charge >= 0.3 is 0 Å². The number of anilines is 2. The summed E-state index contributed by atoms with van der Waals surface area (Å²) >= 11 is 0. The van der Waals surface area contributed by atoms with Crippen LogP contribution in [-0.2, 0) is 9.47 Å². The number of nitrogens with zero attached hydrogens (tertiary/aromatic N) is 2. The molecular weight excluding hydrogens is 268 g/mol. The van der Waals surface area contributed by atoms with E-state index in [-0.39, 0.29) is 0 Å². The van der Waals surface area contributed by atoms with E-state index >= 15 is 0 Å². The third kappa shape index (κ3) is 4.54. The molecule has 6 nitrogen and oxygen atoms in total. The molecule has 0 saturated carbocycles. The normalized spacial score (nSPS) is 25.7. The van der Waals surface area contributed by atoms with E-state index < -0.39 is 0 Å². The van der Waals surface area contributed by atoms with Crippen molar-refractivity contribution < 1.29 is 9.47 Å². The van der Waals surface area contributed by atoms with Gasteiger partial charge < -0.3 is 20.1 Å². The third-order valence-corrected chi connectivity index (χ3v) is 3.98. The van der Waals surface area contributed by atoms with E-state index in [0.29, 0.717) is 12.1 Å². The number of rotatable bonds is 6. The van der Waals surface area contributed by atoms with Gasteiger partial charge in [0.1, 0.15) is 18.0 Å². The van der Waals surface area contributed by atoms with Crippen LogP contribution in [0.3, 0.4) is 0 Å². The largest absolute Gasteiger partial charge is 0.379 e. The van der Waals surface area contributed by atoms with E-state index in [1.165, 1.54) is 12.8 Å². The SMILES string of the molecule is c1nc(NCCC2CCCO2)cc(NC2CCCOC2)n1. The maximum absolute atomic E-state index is 5.62. The quantitative estimate of drug-likeness (QED) is 0.836. The summed E-state index contributed by atoms with van der Waals surface area (Å²) in [6, 6.07) is 2.32. The first-order chi connectivity index (χ1) is 10.4. The first-order valence-electron chi connectivity index (χ1n) is 7.92. The molecule has 0 radical (unpaired) electrons. The maximum atomic E-state index is 5.62. The van der Waals surface area contributed by atoms with Gasteiger partial charge in [-0.3, -0.25) is 0 Å². The van der Waals surface area contributed by atoms with E-state index in [4.69, 9.17) is 9.47 Å². The lowest BCUT2D eigenvalue weighted by Gasteiger charge is -2.23. The zero-order valence-electron chi connectivity index (χ0n) is 12.4. The number of nitrogens with one attached hydrogen (secondary N) is 2. The van der Waals surface area contributed by atoms with Crippen LogP contribution in [0.15, 0.2) is 12.4 Å². The molecule has 0 aliphatic carbocycles. The molecule has 2 N–H and O–H groups in total. The fourth-order valence-electron chi connectivity index (χ4n) is 2.83. The van der Waals surface area contributed by atoms with Crippen molar-refractivity contribution in [3.8, 4) is 0 Å². The van der Waals surface area contributed by atoms with Crippen molar-refractivity contribution in [2.45, 2.75) is 44.2 Å². The fraction of sp³-hybridized carbons (Fsp3) is 0.733. The van der Waals surface area contributed by atoms with Crippen LogP contribution in [0.5, 0.6) is 0 Å². The van der Waals surface area contributed by atoms with Crippen molar-refractivity contribution in [3.63, 3.8) is 0 Å². The molecule has 2 atom stereocenters. The van der Waals surface area contributed by atoms with Gasteiger partial charge in [-0.25, -0.2) is 9.97 Å². The minimum absolute atomic E-state index is 0.355. The van der Waals surface area contributed by atoms with Gasteiger partial charge in [0.25, 0.3) is 0 Å². The Morgan fingerprint density at radius 2 is 2.05 bits per heavy atom. The highest BCUT2D eigenvalue weighted by Crippen LogP contribution is 2.17. The zero-order chi connectivity index (χ0) is 14.3. The summed E-state index contributed by atoms with van der Waals surface area (Å²) in [4.78, 5) is 8.54. The lowest BCUT2D eigenvalue weighted by Crippen LogP contribution is -2.30. The molecule has 2 unspecified atom stereocenters.